The smallest absolute Gasteiger partial charge is 0.291 e. The van der Waals surface area contributed by atoms with E-state index >= 15 is 0 Å². The normalized spacial score (nSPS) is 15.3. The highest BCUT2D eigenvalue weighted by Crippen LogP contribution is 2.35. The van der Waals surface area contributed by atoms with Crippen LogP contribution in [0.2, 0.25) is 0 Å². The molecule has 5 rings (SSSR count). The molecular weight excluding hydrogens is 464 g/mol. The lowest BCUT2D eigenvalue weighted by Gasteiger charge is -2.16. The molecule has 0 N–H and O–H groups in total. The van der Waals surface area contributed by atoms with E-state index in [9.17, 15) is 9.59 Å². The molecule has 4 aromatic rings. The van der Waals surface area contributed by atoms with Gasteiger partial charge in [0.05, 0.1) is 11.3 Å². The second-order valence-electron chi connectivity index (χ2n) is 7.05. The van der Waals surface area contributed by atoms with E-state index in [0.717, 1.165) is 34.1 Å². The molecule has 150 valence electrons. The third kappa shape index (κ3) is 2.90. The number of hydrogen-bond donors (Lipinski definition) is 0. The largest absolute Gasteiger partial charge is 0.308 e. The Balaban J connectivity index is 1.70. The zero-order valence-corrected chi connectivity index (χ0v) is 18.5. The van der Waals surface area contributed by atoms with Crippen LogP contribution in [-0.4, -0.2) is 27.0 Å². The number of carbonyl (C=O) groups excluding carboxylic acids is 1. The number of rotatable bonds is 4. The Morgan fingerprint density at radius 3 is 2.50 bits per heavy atom. The van der Waals surface area contributed by atoms with E-state index in [-0.39, 0.29) is 11.5 Å². The van der Waals surface area contributed by atoms with Gasteiger partial charge in [0.15, 0.2) is 5.82 Å². The predicted molar refractivity (Wildman–Crippen MR) is 122 cm³/mol. The number of benzene rings is 2. The van der Waals surface area contributed by atoms with Gasteiger partial charge in [-0.05, 0) is 24.6 Å². The zero-order chi connectivity index (χ0) is 20.8. The summed E-state index contributed by atoms with van der Waals surface area (Å²) in [6.07, 6.45) is 1.89. The minimum atomic E-state index is -0.309. The molecule has 0 unspecified atom stereocenters. The highest BCUT2D eigenvalue weighted by atomic mass is 79.9. The van der Waals surface area contributed by atoms with Gasteiger partial charge in [-0.2, -0.15) is 9.50 Å². The maximum absolute atomic E-state index is 13.3. The zero-order valence-electron chi connectivity index (χ0n) is 16.1. The monoisotopic (exact) mass is 480 g/mol. The molecule has 3 heterocycles. The van der Waals surface area contributed by atoms with E-state index in [4.69, 9.17) is 0 Å². The van der Waals surface area contributed by atoms with Gasteiger partial charge in [0.25, 0.3) is 11.5 Å². The van der Waals surface area contributed by atoms with Crippen LogP contribution in [0.3, 0.4) is 0 Å². The van der Waals surface area contributed by atoms with Crippen LogP contribution in [0.5, 0.6) is 0 Å². The number of amides is 1. The van der Waals surface area contributed by atoms with Crippen molar-refractivity contribution in [3.8, 4) is 11.4 Å². The molecule has 30 heavy (non-hydrogen) atoms. The van der Waals surface area contributed by atoms with E-state index in [2.05, 4.69) is 32.9 Å². The topological polar surface area (TPSA) is 67.6 Å². The first-order valence-electron chi connectivity index (χ1n) is 9.70. The fourth-order valence-electron chi connectivity index (χ4n) is 3.68. The molecule has 0 radical (unpaired) electrons. The third-order valence-corrected chi connectivity index (χ3v) is 6.88. The second-order valence-corrected chi connectivity index (χ2v) is 8.88. The molecule has 8 heteroatoms. The average Bonchev–Trinajstić information content (AvgIpc) is 3.37. The predicted octanol–water partition coefficient (Wildman–Crippen LogP) is 3.65. The summed E-state index contributed by atoms with van der Waals surface area (Å²) in [6, 6.07) is 15.2. The van der Waals surface area contributed by atoms with Crippen LogP contribution in [0.15, 0.2) is 57.8 Å². The molecule has 1 aliphatic rings. The van der Waals surface area contributed by atoms with Crippen molar-refractivity contribution in [2.24, 2.45) is 0 Å². The standard InChI is InChI=1S/C22H17BrN4O2S/c1-2-3-12-26-16-11-7-5-9-14(16)17(20(26)28)18-21(29)27-22(30-18)24-19(25-27)13-8-4-6-10-15(13)23/h4-11H,2-3,12H2,1H3. The maximum atomic E-state index is 13.3. The Kier molecular flexibility index (Phi) is 4.75. The van der Waals surface area contributed by atoms with Crippen molar-refractivity contribution in [2.45, 2.75) is 19.8 Å². The summed E-state index contributed by atoms with van der Waals surface area (Å²) in [4.78, 5) is 33.2. The number of halogens is 1. The number of thiazole rings is 1. The number of aromatic nitrogens is 3. The van der Waals surface area contributed by atoms with Crippen LogP contribution in [-0.2, 0) is 4.79 Å². The van der Waals surface area contributed by atoms with Gasteiger partial charge in [0, 0.05) is 22.1 Å². The van der Waals surface area contributed by atoms with Crippen molar-refractivity contribution in [3.05, 3.63) is 73.5 Å². The SMILES string of the molecule is CCCCN1C(=O)C(=c2sc3nc(-c4ccccc4Br)nn3c2=O)c2ccccc21. The molecule has 2 aromatic heterocycles. The summed E-state index contributed by atoms with van der Waals surface area (Å²) in [5.74, 6) is 0.349. The van der Waals surface area contributed by atoms with Gasteiger partial charge in [-0.3, -0.25) is 9.59 Å². The number of nitrogens with zero attached hydrogens (tertiary/aromatic N) is 4. The second kappa shape index (κ2) is 7.45. The van der Waals surface area contributed by atoms with Gasteiger partial charge in [-0.25, -0.2) is 0 Å². The van der Waals surface area contributed by atoms with Gasteiger partial charge in [0.1, 0.15) is 4.53 Å². The van der Waals surface area contributed by atoms with Gasteiger partial charge >= 0.3 is 0 Å². The fourth-order valence-corrected chi connectivity index (χ4v) is 5.14. The molecule has 0 aliphatic carbocycles. The first-order chi connectivity index (χ1) is 14.6. The lowest BCUT2D eigenvalue weighted by molar-refractivity contribution is -0.113. The molecule has 1 amide bonds. The summed E-state index contributed by atoms with van der Waals surface area (Å²) in [7, 11) is 0. The molecule has 0 atom stereocenters. The quantitative estimate of drug-likeness (QED) is 0.447. The minimum Gasteiger partial charge on any atom is -0.308 e. The number of hydrogen-bond acceptors (Lipinski definition) is 5. The number of carbonyl (C=O) groups is 1. The molecule has 0 spiro atoms. The summed E-state index contributed by atoms with van der Waals surface area (Å²) < 4.78 is 2.55. The van der Waals surface area contributed by atoms with Gasteiger partial charge in [0.2, 0.25) is 4.96 Å². The van der Waals surface area contributed by atoms with E-state index in [1.807, 2.05) is 48.5 Å². The van der Waals surface area contributed by atoms with E-state index in [1.165, 1.54) is 15.9 Å². The molecule has 2 aromatic carbocycles. The van der Waals surface area contributed by atoms with Crippen molar-refractivity contribution in [1.29, 1.82) is 0 Å². The van der Waals surface area contributed by atoms with Crippen molar-refractivity contribution >= 4 is 49.4 Å². The van der Waals surface area contributed by atoms with Crippen LogP contribution in [0.1, 0.15) is 25.3 Å². The van der Waals surface area contributed by atoms with Crippen molar-refractivity contribution in [2.75, 3.05) is 11.4 Å². The van der Waals surface area contributed by atoms with Gasteiger partial charge in [-0.15, -0.1) is 5.10 Å². The third-order valence-electron chi connectivity index (χ3n) is 5.16. The number of anilines is 1. The minimum absolute atomic E-state index is 0.128. The first-order valence-corrected chi connectivity index (χ1v) is 11.3. The summed E-state index contributed by atoms with van der Waals surface area (Å²) >= 11 is 4.71. The maximum Gasteiger partial charge on any atom is 0.291 e. The molecular formula is C22H17BrN4O2S. The van der Waals surface area contributed by atoms with E-state index in [1.54, 1.807) is 4.90 Å². The Bertz CT molecular complexity index is 1410. The van der Waals surface area contributed by atoms with E-state index in [0.29, 0.717) is 27.4 Å². The highest BCUT2D eigenvalue weighted by Gasteiger charge is 2.33. The summed E-state index contributed by atoms with van der Waals surface area (Å²) in [5, 5.41) is 4.42. The van der Waals surface area contributed by atoms with Crippen LogP contribution < -0.4 is 15.0 Å². The van der Waals surface area contributed by atoms with Crippen LogP contribution in [0.25, 0.3) is 21.9 Å². The highest BCUT2D eigenvalue weighted by molar-refractivity contribution is 9.10. The fraction of sp³-hybridized carbons (Fsp3) is 0.182. The Morgan fingerprint density at radius 1 is 1.03 bits per heavy atom. The van der Waals surface area contributed by atoms with Crippen LogP contribution >= 0.6 is 27.3 Å². The Morgan fingerprint density at radius 2 is 1.77 bits per heavy atom. The number of para-hydroxylation sites is 1. The summed E-state index contributed by atoms with van der Waals surface area (Å²) in [5.41, 5.74) is 2.61. The molecule has 6 nitrogen and oxygen atoms in total. The Labute approximate surface area is 184 Å². The number of unbranched alkanes of at least 4 members (excludes halogenated alkanes) is 1. The Hall–Kier alpha value is -2.84. The van der Waals surface area contributed by atoms with Crippen molar-refractivity contribution in [1.82, 2.24) is 14.6 Å². The van der Waals surface area contributed by atoms with Crippen LogP contribution in [0.4, 0.5) is 5.69 Å². The molecule has 0 saturated heterocycles. The lowest BCUT2D eigenvalue weighted by Crippen LogP contribution is -2.33. The number of fused-ring (bicyclic) bond motifs is 2. The lowest BCUT2D eigenvalue weighted by atomic mass is 10.1. The summed E-state index contributed by atoms with van der Waals surface area (Å²) in [6.45, 7) is 2.73. The molecule has 1 aliphatic heterocycles. The van der Waals surface area contributed by atoms with Crippen LogP contribution in [0, 0.1) is 0 Å². The first kappa shape index (κ1) is 19.1. The molecule has 0 bridgehead atoms. The molecule has 0 fully saturated rings. The van der Waals surface area contributed by atoms with Gasteiger partial charge in [-0.1, -0.05) is 70.9 Å². The van der Waals surface area contributed by atoms with Crippen molar-refractivity contribution in [3.63, 3.8) is 0 Å². The van der Waals surface area contributed by atoms with Crippen molar-refractivity contribution < 1.29 is 4.79 Å². The van der Waals surface area contributed by atoms with E-state index < -0.39 is 0 Å². The molecule has 0 saturated carbocycles. The van der Waals surface area contributed by atoms with Gasteiger partial charge < -0.3 is 4.90 Å². The average molecular weight is 481 g/mol.